The van der Waals surface area contributed by atoms with Crippen LogP contribution in [0, 0.1) is 23.7 Å². The first-order chi connectivity index (χ1) is 15.9. The van der Waals surface area contributed by atoms with Crippen molar-refractivity contribution in [2.45, 2.75) is 66.1 Å². The van der Waals surface area contributed by atoms with Crippen LogP contribution < -0.4 is 16.3 Å². The monoisotopic (exact) mass is 459 g/mol. The lowest BCUT2D eigenvalue weighted by molar-refractivity contribution is -0.203. The van der Waals surface area contributed by atoms with E-state index in [4.69, 9.17) is 9.57 Å². The fourth-order valence-corrected chi connectivity index (χ4v) is 3.77. The maximum absolute atomic E-state index is 13.2. The average Bonchev–Trinajstić information content (AvgIpc) is 2.80. The van der Waals surface area contributed by atoms with Gasteiger partial charge in [0.15, 0.2) is 6.29 Å². The fourth-order valence-electron chi connectivity index (χ4n) is 3.77. The van der Waals surface area contributed by atoms with E-state index in [2.05, 4.69) is 44.0 Å². The zero-order chi connectivity index (χ0) is 24.1. The molecule has 0 aliphatic carbocycles. The molecule has 0 bridgehead atoms. The third kappa shape index (κ3) is 10.5. The summed E-state index contributed by atoms with van der Waals surface area (Å²) in [6.45, 7) is 9.54. The van der Waals surface area contributed by atoms with Gasteiger partial charge in [-0.05, 0) is 43.1 Å². The molecule has 3 N–H and O–H groups in total. The van der Waals surface area contributed by atoms with Gasteiger partial charge in [0.1, 0.15) is 0 Å². The lowest BCUT2D eigenvalue weighted by Gasteiger charge is -2.28. The van der Waals surface area contributed by atoms with Crippen molar-refractivity contribution in [3.05, 3.63) is 42.0 Å². The van der Waals surface area contributed by atoms with Crippen molar-refractivity contribution in [2.75, 3.05) is 13.2 Å². The smallest absolute Gasteiger partial charge is 0.247 e. The molecule has 7 heteroatoms. The molecule has 1 aromatic carbocycles. The molecule has 1 unspecified atom stereocenters. The minimum atomic E-state index is -0.572. The van der Waals surface area contributed by atoms with Gasteiger partial charge in [-0.15, -0.1) is 0 Å². The van der Waals surface area contributed by atoms with Crippen LogP contribution >= 0.6 is 0 Å². The molecule has 33 heavy (non-hydrogen) atoms. The molecule has 1 fully saturated rings. The molecular weight excluding hydrogens is 418 g/mol. The highest BCUT2D eigenvalue weighted by Gasteiger charge is 2.34. The molecule has 7 nitrogen and oxygen atoms in total. The van der Waals surface area contributed by atoms with Crippen molar-refractivity contribution < 1.29 is 19.2 Å². The zero-order valence-electron chi connectivity index (χ0n) is 20.5. The van der Waals surface area contributed by atoms with Gasteiger partial charge in [0.2, 0.25) is 11.8 Å². The molecule has 1 aliphatic rings. The zero-order valence-corrected chi connectivity index (χ0v) is 20.5. The number of hydrazine groups is 1. The van der Waals surface area contributed by atoms with Crippen LogP contribution in [0.15, 0.2) is 36.4 Å². The summed E-state index contributed by atoms with van der Waals surface area (Å²) in [6.07, 6.45) is 7.26. The van der Waals surface area contributed by atoms with Gasteiger partial charge >= 0.3 is 0 Å². The van der Waals surface area contributed by atoms with Crippen LogP contribution in [-0.2, 0) is 19.2 Å². The second-order valence-electron chi connectivity index (χ2n) is 9.54. The molecule has 1 aliphatic heterocycles. The Balaban J connectivity index is 2.12. The summed E-state index contributed by atoms with van der Waals surface area (Å²) < 4.78 is 5.55. The number of carbonyl (C=O) groups is 2. The average molecular weight is 460 g/mol. The normalized spacial score (nSPS) is 18.4. The Hall–Kier alpha value is -2.22. The third-order valence-corrected chi connectivity index (χ3v) is 5.54. The second kappa shape index (κ2) is 14.8. The van der Waals surface area contributed by atoms with Crippen LogP contribution in [0.1, 0.15) is 65.4 Å². The first-order valence-electron chi connectivity index (χ1n) is 12.2. The van der Waals surface area contributed by atoms with Gasteiger partial charge < -0.3 is 4.74 Å². The quantitative estimate of drug-likeness (QED) is 0.384. The van der Waals surface area contributed by atoms with E-state index in [-0.39, 0.29) is 17.7 Å². The number of carbonyl (C=O) groups excluding carboxylic acids is 2. The van der Waals surface area contributed by atoms with Crippen LogP contribution in [0.4, 0.5) is 0 Å². The number of amides is 2. The molecule has 1 heterocycles. The lowest BCUT2D eigenvalue weighted by Crippen LogP contribution is -2.48. The molecule has 0 saturated carbocycles. The molecule has 0 radical (unpaired) electrons. The van der Waals surface area contributed by atoms with E-state index >= 15 is 0 Å². The van der Waals surface area contributed by atoms with Crippen LogP contribution in [0.25, 0.3) is 6.08 Å². The first kappa shape index (κ1) is 27.0. The van der Waals surface area contributed by atoms with Crippen molar-refractivity contribution in [1.82, 2.24) is 16.3 Å². The van der Waals surface area contributed by atoms with Crippen molar-refractivity contribution >= 4 is 17.9 Å². The highest BCUT2D eigenvalue weighted by Crippen LogP contribution is 2.26. The topological polar surface area (TPSA) is 88.7 Å². The second-order valence-corrected chi connectivity index (χ2v) is 9.54. The van der Waals surface area contributed by atoms with E-state index in [1.165, 1.54) is 0 Å². The molecule has 1 saturated heterocycles. The molecule has 0 aromatic heterocycles. The van der Waals surface area contributed by atoms with Crippen LogP contribution in [0.2, 0.25) is 0 Å². The van der Waals surface area contributed by atoms with Crippen molar-refractivity contribution in [2.24, 2.45) is 23.7 Å². The maximum Gasteiger partial charge on any atom is 0.247 e. The standard InChI is InChI=1S/C26H41N3O4/c1-19(2)17-23(25(30)28-27-18-20(3)4)22(14-10-13-21-11-6-5-7-12-21)26(31)29-33-24-15-8-9-16-32-24/h5-7,10-13,19-20,22-24,27H,8-9,14-18H2,1-4H3,(H,28,30)(H,29,31)/t22-,23?,24+/m1/s1. The number of hydrogen-bond acceptors (Lipinski definition) is 5. The largest absolute Gasteiger partial charge is 0.350 e. The highest BCUT2D eigenvalue weighted by molar-refractivity contribution is 5.87. The summed E-state index contributed by atoms with van der Waals surface area (Å²) in [5.74, 6) is -0.900. The van der Waals surface area contributed by atoms with E-state index < -0.39 is 18.1 Å². The Labute approximate surface area is 198 Å². The molecule has 3 atom stereocenters. The third-order valence-electron chi connectivity index (χ3n) is 5.54. The Morgan fingerprint density at radius 2 is 1.82 bits per heavy atom. The van der Waals surface area contributed by atoms with Gasteiger partial charge in [-0.3, -0.25) is 15.0 Å². The molecule has 2 amide bonds. The number of hydrogen-bond donors (Lipinski definition) is 3. The molecule has 1 aromatic rings. The molecule has 184 valence electrons. The number of benzene rings is 1. The molecular formula is C26H41N3O4. The van der Waals surface area contributed by atoms with Gasteiger partial charge in [0.25, 0.3) is 0 Å². The summed E-state index contributed by atoms with van der Waals surface area (Å²) in [5.41, 5.74) is 9.44. The maximum atomic E-state index is 13.2. The van der Waals surface area contributed by atoms with Crippen molar-refractivity contribution in [3.8, 4) is 0 Å². The van der Waals surface area contributed by atoms with Gasteiger partial charge in [0.05, 0.1) is 11.8 Å². The van der Waals surface area contributed by atoms with E-state index in [0.29, 0.717) is 31.9 Å². The van der Waals surface area contributed by atoms with E-state index in [9.17, 15) is 9.59 Å². The molecule has 0 spiro atoms. The number of ether oxygens (including phenoxy) is 1. The van der Waals surface area contributed by atoms with Gasteiger partial charge in [-0.2, -0.15) is 0 Å². The Kier molecular flexibility index (Phi) is 12.1. The predicted molar refractivity (Wildman–Crippen MR) is 130 cm³/mol. The number of rotatable bonds is 13. The Morgan fingerprint density at radius 1 is 1.06 bits per heavy atom. The van der Waals surface area contributed by atoms with Crippen LogP contribution in [0.5, 0.6) is 0 Å². The lowest BCUT2D eigenvalue weighted by atomic mass is 9.82. The minimum absolute atomic E-state index is 0.175. The minimum Gasteiger partial charge on any atom is -0.350 e. The summed E-state index contributed by atoms with van der Waals surface area (Å²) in [6, 6.07) is 9.91. The highest BCUT2D eigenvalue weighted by atomic mass is 16.8. The fraction of sp³-hybridized carbons (Fsp3) is 0.615. The van der Waals surface area contributed by atoms with Gasteiger partial charge in [0, 0.05) is 19.6 Å². The van der Waals surface area contributed by atoms with E-state index in [1.54, 1.807) is 0 Å². The first-order valence-corrected chi connectivity index (χ1v) is 12.2. The van der Waals surface area contributed by atoms with Crippen molar-refractivity contribution in [1.29, 1.82) is 0 Å². The number of nitrogens with one attached hydrogen (secondary N) is 3. The Bertz CT molecular complexity index is 730. The number of allylic oxidation sites excluding steroid dienone is 1. The van der Waals surface area contributed by atoms with Crippen LogP contribution in [-0.4, -0.2) is 31.3 Å². The van der Waals surface area contributed by atoms with E-state index in [0.717, 1.165) is 24.8 Å². The predicted octanol–water partition coefficient (Wildman–Crippen LogP) is 4.22. The SMILES string of the molecule is CC(C)CNNC(=O)C(CC(C)C)[C@@H](CC=Cc1ccccc1)C(=O)NO[C@H]1CCCCO1. The molecule has 2 rings (SSSR count). The van der Waals surface area contributed by atoms with Crippen molar-refractivity contribution in [3.63, 3.8) is 0 Å². The summed E-state index contributed by atoms with van der Waals surface area (Å²) >= 11 is 0. The van der Waals surface area contributed by atoms with Gasteiger partial charge in [-0.25, -0.2) is 15.7 Å². The van der Waals surface area contributed by atoms with Gasteiger partial charge in [-0.1, -0.05) is 70.2 Å². The van der Waals surface area contributed by atoms with E-state index in [1.807, 2.05) is 42.5 Å². The number of hydroxylamine groups is 1. The van der Waals surface area contributed by atoms with Crippen LogP contribution in [0.3, 0.4) is 0 Å². The summed E-state index contributed by atoms with van der Waals surface area (Å²) in [4.78, 5) is 31.9. The Morgan fingerprint density at radius 3 is 2.45 bits per heavy atom. The summed E-state index contributed by atoms with van der Waals surface area (Å²) in [5, 5.41) is 0. The summed E-state index contributed by atoms with van der Waals surface area (Å²) in [7, 11) is 0.